The standard InChI is InChI=1S/C17H11ClN2S/c18-16-15-14(12-9-5-6-10-13(12)21-15)19-17(20-16)11-7-3-1-2-4-8-11/h1,3-10H,2H2. The van der Waals surface area contributed by atoms with Crippen molar-refractivity contribution in [1.29, 1.82) is 0 Å². The molecule has 4 heteroatoms. The maximum absolute atomic E-state index is 6.38. The van der Waals surface area contributed by atoms with Gasteiger partial charge in [-0.2, -0.15) is 0 Å². The zero-order valence-electron chi connectivity index (χ0n) is 11.1. The number of hydrogen-bond donors (Lipinski definition) is 0. The van der Waals surface area contributed by atoms with Crippen molar-refractivity contribution in [3.05, 3.63) is 65.6 Å². The molecule has 0 saturated carbocycles. The minimum Gasteiger partial charge on any atom is -0.226 e. The summed E-state index contributed by atoms with van der Waals surface area (Å²) in [5.74, 6) is 0.679. The van der Waals surface area contributed by atoms with Crippen molar-refractivity contribution in [3.8, 4) is 0 Å². The summed E-state index contributed by atoms with van der Waals surface area (Å²) in [7, 11) is 0. The van der Waals surface area contributed by atoms with Crippen molar-refractivity contribution in [3.63, 3.8) is 0 Å². The average Bonchev–Trinajstić information content (AvgIpc) is 2.70. The molecule has 0 spiro atoms. The summed E-state index contributed by atoms with van der Waals surface area (Å²) >= 11 is 8.02. The van der Waals surface area contributed by atoms with Gasteiger partial charge in [-0.15, -0.1) is 11.3 Å². The van der Waals surface area contributed by atoms with E-state index in [9.17, 15) is 0 Å². The molecule has 3 aromatic rings. The van der Waals surface area contributed by atoms with E-state index < -0.39 is 0 Å². The van der Waals surface area contributed by atoms with Crippen LogP contribution in [-0.2, 0) is 0 Å². The largest absolute Gasteiger partial charge is 0.226 e. The molecule has 1 aliphatic carbocycles. The molecule has 0 unspecified atom stereocenters. The maximum atomic E-state index is 6.38. The Bertz CT molecular complexity index is 935. The van der Waals surface area contributed by atoms with E-state index in [0.29, 0.717) is 11.0 Å². The van der Waals surface area contributed by atoms with Crippen LogP contribution >= 0.6 is 22.9 Å². The molecule has 0 bridgehead atoms. The van der Waals surface area contributed by atoms with E-state index >= 15 is 0 Å². The van der Waals surface area contributed by atoms with Crippen LogP contribution in [0.15, 0.2) is 54.6 Å². The fourth-order valence-electron chi connectivity index (χ4n) is 2.41. The van der Waals surface area contributed by atoms with Gasteiger partial charge in [0.05, 0.1) is 10.2 Å². The van der Waals surface area contributed by atoms with Crippen LogP contribution in [0.2, 0.25) is 5.15 Å². The number of benzene rings is 1. The zero-order valence-corrected chi connectivity index (χ0v) is 12.7. The summed E-state index contributed by atoms with van der Waals surface area (Å²) in [4.78, 5) is 9.22. The maximum Gasteiger partial charge on any atom is 0.161 e. The number of hydrogen-bond acceptors (Lipinski definition) is 3. The lowest BCUT2D eigenvalue weighted by Crippen LogP contribution is -1.93. The Balaban J connectivity index is 2.01. The predicted molar refractivity (Wildman–Crippen MR) is 90.8 cm³/mol. The molecule has 4 rings (SSSR count). The smallest absolute Gasteiger partial charge is 0.161 e. The Morgan fingerprint density at radius 1 is 1.10 bits per heavy atom. The first-order valence-electron chi connectivity index (χ1n) is 6.71. The number of allylic oxidation sites excluding steroid dienone is 6. The van der Waals surface area contributed by atoms with Crippen LogP contribution < -0.4 is 0 Å². The SMILES string of the molecule is Clc1nc(C2=CC=CCC=C2)nc2c1sc1ccccc12. The molecule has 1 aromatic carbocycles. The minimum atomic E-state index is 0.527. The highest BCUT2D eigenvalue weighted by molar-refractivity contribution is 7.26. The highest BCUT2D eigenvalue weighted by Gasteiger charge is 2.13. The fraction of sp³-hybridized carbons (Fsp3) is 0.0588. The van der Waals surface area contributed by atoms with Crippen LogP contribution in [0, 0.1) is 0 Å². The summed E-state index contributed by atoms with van der Waals surface area (Å²) < 4.78 is 2.14. The topological polar surface area (TPSA) is 25.8 Å². The molecule has 0 N–H and O–H groups in total. The van der Waals surface area contributed by atoms with Crippen LogP contribution in [0.1, 0.15) is 12.2 Å². The van der Waals surface area contributed by atoms with E-state index in [2.05, 4.69) is 29.3 Å². The second kappa shape index (κ2) is 5.10. The van der Waals surface area contributed by atoms with Gasteiger partial charge in [0.1, 0.15) is 0 Å². The monoisotopic (exact) mass is 310 g/mol. The van der Waals surface area contributed by atoms with Gasteiger partial charge in [0.15, 0.2) is 11.0 Å². The van der Waals surface area contributed by atoms with E-state index in [-0.39, 0.29) is 0 Å². The highest BCUT2D eigenvalue weighted by atomic mass is 35.5. The molecule has 0 amide bonds. The molecule has 2 heterocycles. The van der Waals surface area contributed by atoms with Crippen molar-refractivity contribution < 1.29 is 0 Å². The van der Waals surface area contributed by atoms with Crippen LogP contribution in [0.5, 0.6) is 0 Å². The molecule has 1 aliphatic rings. The second-order valence-electron chi connectivity index (χ2n) is 4.80. The molecule has 102 valence electrons. The quantitative estimate of drug-likeness (QED) is 0.563. The van der Waals surface area contributed by atoms with Gasteiger partial charge >= 0.3 is 0 Å². The molecule has 2 aromatic heterocycles. The molecule has 0 saturated heterocycles. The number of halogens is 1. The van der Waals surface area contributed by atoms with Crippen LogP contribution in [-0.4, -0.2) is 9.97 Å². The Hall–Kier alpha value is -1.97. The number of aromatic nitrogens is 2. The Morgan fingerprint density at radius 3 is 2.95 bits per heavy atom. The van der Waals surface area contributed by atoms with Crippen molar-refractivity contribution in [2.75, 3.05) is 0 Å². The summed E-state index contributed by atoms with van der Waals surface area (Å²) in [6.45, 7) is 0. The van der Waals surface area contributed by atoms with Gasteiger partial charge in [0, 0.05) is 15.7 Å². The van der Waals surface area contributed by atoms with Crippen molar-refractivity contribution >= 4 is 48.8 Å². The highest BCUT2D eigenvalue weighted by Crippen LogP contribution is 2.36. The average molecular weight is 311 g/mol. The lowest BCUT2D eigenvalue weighted by molar-refractivity contribution is 1.18. The number of thiophene rings is 1. The van der Waals surface area contributed by atoms with E-state index in [1.165, 1.54) is 4.70 Å². The molecular weight excluding hydrogens is 300 g/mol. The van der Waals surface area contributed by atoms with Crippen LogP contribution in [0.4, 0.5) is 0 Å². The Labute approximate surface area is 131 Å². The number of nitrogens with zero attached hydrogens (tertiary/aromatic N) is 2. The van der Waals surface area contributed by atoms with Crippen molar-refractivity contribution in [2.45, 2.75) is 6.42 Å². The van der Waals surface area contributed by atoms with Crippen molar-refractivity contribution in [1.82, 2.24) is 9.97 Å². The summed E-state index contributed by atoms with van der Waals surface area (Å²) in [6, 6.07) is 8.22. The second-order valence-corrected chi connectivity index (χ2v) is 6.21. The van der Waals surface area contributed by atoms with E-state index in [0.717, 1.165) is 27.6 Å². The van der Waals surface area contributed by atoms with Gasteiger partial charge in [-0.05, 0) is 12.5 Å². The number of rotatable bonds is 1. The lowest BCUT2D eigenvalue weighted by atomic mass is 10.2. The van der Waals surface area contributed by atoms with Crippen molar-refractivity contribution in [2.24, 2.45) is 0 Å². The molecular formula is C17H11ClN2S. The number of fused-ring (bicyclic) bond motifs is 3. The van der Waals surface area contributed by atoms with E-state index in [4.69, 9.17) is 16.6 Å². The lowest BCUT2D eigenvalue weighted by Gasteiger charge is -2.02. The van der Waals surface area contributed by atoms with Gasteiger partial charge in [-0.3, -0.25) is 0 Å². The third kappa shape index (κ3) is 2.19. The Morgan fingerprint density at radius 2 is 2.00 bits per heavy atom. The first-order chi connectivity index (χ1) is 10.3. The third-order valence-corrected chi connectivity index (χ3v) is 4.97. The zero-order chi connectivity index (χ0) is 14.2. The van der Waals surface area contributed by atoms with Gasteiger partial charge in [-0.25, -0.2) is 9.97 Å². The van der Waals surface area contributed by atoms with Gasteiger partial charge in [-0.1, -0.05) is 60.2 Å². The normalized spacial score (nSPS) is 14.6. The fourth-order valence-corrected chi connectivity index (χ4v) is 3.72. The summed E-state index contributed by atoms with van der Waals surface area (Å²) in [5.41, 5.74) is 1.93. The van der Waals surface area contributed by atoms with Gasteiger partial charge in [0.25, 0.3) is 0 Å². The predicted octanol–water partition coefficient (Wildman–Crippen LogP) is 5.40. The van der Waals surface area contributed by atoms with Crippen LogP contribution in [0.25, 0.3) is 25.9 Å². The van der Waals surface area contributed by atoms with Crippen LogP contribution in [0.3, 0.4) is 0 Å². The minimum absolute atomic E-state index is 0.527. The van der Waals surface area contributed by atoms with Gasteiger partial charge < -0.3 is 0 Å². The van der Waals surface area contributed by atoms with E-state index in [1.807, 2.05) is 30.4 Å². The molecule has 0 fully saturated rings. The first kappa shape index (κ1) is 12.7. The van der Waals surface area contributed by atoms with Gasteiger partial charge in [0.2, 0.25) is 0 Å². The summed E-state index contributed by atoms with van der Waals surface area (Å²) in [6.07, 6.45) is 11.2. The third-order valence-electron chi connectivity index (χ3n) is 3.42. The molecule has 2 nitrogen and oxygen atoms in total. The Kier molecular flexibility index (Phi) is 3.09. The molecule has 0 aliphatic heterocycles. The first-order valence-corrected chi connectivity index (χ1v) is 7.91. The summed E-state index contributed by atoms with van der Waals surface area (Å²) in [5, 5.41) is 1.66. The van der Waals surface area contributed by atoms with E-state index in [1.54, 1.807) is 11.3 Å². The molecule has 0 radical (unpaired) electrons. The molecule has 21 heavy (non-hydrogen) atoms. The molecule has 0 atom stereocenters.